The number of methoxy groups -OCH3 is 2. The highest BCUT2D eigenvalue weighted by atomic mass is 16.5. The Balaban J connectivity index is 2.98. The average Bonchev–Trinajstić information content (AvgIpc) is 2.39. The lowest BCUT2D eigenvalue weighted by Gasteiger charge is -2.30. The summed E-state index contributed by atoms with van der Waals surface area (Å²) in [5, 5.41) is 3.16. The van der Waals surface area contributed by atoms with E-state index in [2.05, 4.69) is 27.1 Å². The minimum absolute atomic E-state index is 0.221. The molecule has 1 heterocycles. The van der Waals surface area contributed by atoms with Crippen LogP contribution < -0.4 is 10.2 Å². The fourth-order valence-electron chi connectivity index (χ4n) is 2.02. The quantitative estimate of drug-likeness (QED) is 0.744. The van der Waals surface area contributed by atoms with E-state index < -0.39 is 0 Å². The Hall–Kier alpha value is -1.40. The fraction of sp³-hybridized carbons (Fsp3) is 0.714. The maximum atomic E-state index is 5.25. The molecule has 6 heteroatoms. The number of anilines is 2. The van der Waals surface area contributed by atoms with Gasteiger partial charge in [0, 0.05) is 39.1 Å². The number of aryl methyl sites for hydroxylation is 1. The second kappa shape index (κ2) is 8.71. The lowest BCUT2D eigenvalue weighted by molar-refractivity contribution is 0.170. The van der Waals surface area contributed by atoms with Crippen molar-refractivity contribution in [2.24, 2.45) is 0 Å². The van der Waals surface area contributed by atoms with Gasteiger partial charge in [0.05, 0.1) is 19.3 Å². The van der Waals surface area contributed by atoms with Crippen LogP contribution in [0.15, 0.2) is 6.07 Å². The lowest BCUT2D eigenvalue weighted by atomic mass is 10.2. The standard InChI is InChI=1S/C14H26N4O2/c1-6-15-14-16-11(2)9-13(17-14)18(7-8-19-4)12(3)10-20-5/h9,12H,6-8,10H2,1-5H3,(H,15,16,17). The number of hydrogen-bond acceptors (Lipinski definition) is 6. The smallest absolute Gasteiger partial charge is 0.224 e. The largest absolute Gasteiger partial charge is 0.383 e. The molecule has 0 fully saturated rings. The van der Waals surface area contributed by atoms with Crippen LogP contribution >= 0.6 is 0 Å². The topological polar surface area (TPSA) is 59.5 Å². The van der Waals surface area contributed by atoms with E-state index in [-0.39, 0.29) is 6.04 Å². The van der Waals surface area contributed by atoms with Crippen molar-refractivity contribution in [3.63, 3.8) is 0 Å². The molecule has 0 aromatic carbocycles. The van der Waals surface area contributed by atoms with Crippen molar-refractivity contribution in [2.75, 3.05) is 50.7 Å². The van der Waals surface area contributed by atoms with Gasteiger partial charge in [-0.25, -0.2) is 4.98 Å². The van der Waals surface area contributed by atoms with Gasteiger partial charge in [0.1, 0.15) is 5.82 Å². The van der Waals surface area contributed by atoms with Crippen LogP contribution in [0.2, 0.25) is 0 Å². The van der Waals surface area contributed by atoms with Crippen molar-refractivity contribution >= 4 is 11.8 Å². The third-order valence-electron chi connectivity index (χ3n) is 2.95. The van der Waals surface area contributed by atoms with Crippen LogP contribution in [0.1, 0.15) is 19.5 Å². The van der Waals surface area contributed by atoms with Gasteiger partial charge in [-0.3, -0.25) is 0 Å². The maximum Gasteiger partial charge on any atom is 0.224 e. The van der Waals surface area contributed by atoms with Gasteiger partial charge < -0.3 is 19.7 Å². The normalized spacial score (nSPS) is 12.2. The summed E-state index contributed by atoms with van der Waals surface area (Å²) >= 11 is 0. The van der Waals surface area contributed by atoms with E-state index in [4.69, 9.17) is 9.47 Å². The lowest BCUT2D eigenvalue weighted by Crippen LogP contribution is -2.39. The van der Waals surface area contributed by atoms with E-state index in [9.17, 15) is 0 Å². The second-order valence-electron chi connectivity index (χ2n) is 4.71. The molecule has 1 aromatic rings. The molecule has 0 aliphatic carbocycles. The summed E-state index contributed by atoms with van der Waals surface area (Å²) in [4.78, 5) is 11.1. The third kappa shape index (κ3) is 4.94. The molecule has 0 saturated heterocycles. The summed E-state index contributed by atoms with van der Waals surface area (Å²) in [6.07, 6.45) is 0. The summed E-state index contributed by atoms with van der Waals surface area (Å²) < 4.78 is 10.4. The summed E-state index contributed by atoms with van der Waals surface area (Å²) in [5.41, 5.74) is 0.943. The van der Waals surface area contributed by atoms with Crippen LogP contribution in [-0.2, 0) is 9.47 Å². The summed E-state index contributed by atoms with van der Waals surface area (Å²) in [6.45, 7) is 8.97. The number of aromatic nitrogens is 2. The molecule has 0 bridgehead atoms. The highest BCUT2D eigenvalue weighted by molar-refractivity contribution is 5.45. The molecule has 0 spiro atoms. The maximum absolute atomic E-state index is 5.25. The first-order valence-corrected chi connectivity index (χ1v) is 6.96. The van der Waals surface area contributed by atoms with Crippen LogP contribution in [0.4, 0.5) is 11.8 Å². The molecule has 0 aliphatic heterocycles. The van der Waals surface area contributed by atoms with Gasteiger partial charge in [-0.1, -0.05) is 0 Å². The van der Waals surface area contributed by atoms with Crippen LogP contribution in [0.25, 0.3) is 0 Å². The average molecular weight is 282 g/mol. The number of rotatable bonds is 9. The van der Waals surface area contributed by atoms with Crippen molar-refractivity contribution in [3.05, 3.63) is 11.8 Å². The number of ether oxygens (including phenoxy) is 2. The van der Waals surface area contributed by atoms with Gasteiger partial charge in [-0.15, -0.1) is 0 Å². The van der Waals surface area contributed by atoms with Crippen molar-refractivity contribution in [1.29, 1.82) is 0 Å². The summed E-state index contributed by atoms with van der Waals surface area (Å²) in [5.74, 6) is 1.56. The SMILES string of the molecule is CCNc1nc(C)cc(N(CCOC)C(C)COC)n1. The van der Waals surface area contributed by atoms with Gasteiger partial charge in [-0.2, -0.15) is 4.98 Å². The molecule has 20 heavy (non-hydrogen) atoms. The molecule has 0 saturated carbocycles. The summed E-state index contributed by atoms with van der Waals surface area (Å²) in [6, 6.07) is 2.21. The highest BCUT2D eigenvalue weighted by Crippen LogP contribution is 2.17. The minimum atomic E-state index is 0.221. The Morgan fingerprint density at radius 2 is 2.05 bits per heavy atom. The predicted molar refractivity (Wildman–Crippen MR) is 81.5 cm³/mol. The zero-order chi connectivity index (χ0) is 15.0. The Morgan fingerprint density at radius 3 is 2.65 bits per heavy atom. The Bertz CT molecular complexity index is 401. The number of nitrogens with one attached hydrogen (secondary N) is 1. The zero-order valence-corrected chi connectivity index (χ0v) is 13.1. The second-order valence-corrected chi connectivity index (χ2v) is 4.71. The molecular formula is C14H26N4O2. The van der Waals surface area contributed by atoms with Gasteiger partial charge in [0.15, 0.2) is 0 Å². The van der Waals surface area contributed by atoms with Crippen molar-refractivity contribution < 1.29 is 9.47 Å². The minimum Gasteiger partial charge on any atom is -0.383 e. The Kier molecular flexibility index (Phi) is 7.25. The molecule has 1 unspecified atom stereocenters. The first kappa shape index (κ1) is 16.7. The van der Waals surface area contributed by atoms with Crippen molar-refractivity contribution in [3.8, 4) is 0 Å². The number of hydrogen-bond donors (Lipinski definition) is 1. The molecule has 1 N–H and O–H groups in total. The molecule has 1 aromatic heterocycles. The molecular weight excluding hydrogens is 256 g/mol. The van der Waals surface area contributed by atoms with Crippen LogP contribution in [-0.4, -0.2) is 56.5 Å². The van der Waals surface area contributed by atoms with Gasteiger partial charge in [0.2, 0.25) is 5.95 Å². The first-order valence-electron chi connectivity index (χ1n) is 6.96. The molecule has 0 aliphatic rings. The molecule has 1 rings (SSSR count). The van der Waals surface area contributed by atoms with Crippen LogP contribution in [0.5, 0.6) is 0 Å². The van der Waals surface area contributed by atoms with Gasteiger partial charge in [0.25, 0.3) is 0 Å². The summed E-state index contributed by atoms with van der Waals surface area (Å²) in [7, 11) is 3.41. The van der Waals surface area contributed by atoms with Crippen molar-refractivity contribution in [1.82, 2.24) is 9.97 Å². The van der Waals surface area contributed by atoms with E-state index >= 15 is 0 Å². The Morgan fingerprint density at radius 1 is 1.30 bits per heavy atom. The molecule has 0 amide bonds. The van der Waals surface area contributed by atoms with E-state index in [1.54, 1.807) is 14.2 Å². The monoisotopic (exact) mass is 282 g/mol. The van der Waals surface area contributed by atoms with Gasteiger partial charge >= 0.3 is 0 Å². The molecule has 114 valence electrons. The van der Waals surface area contributed by atoms with Gasteiger partial charge in [-0.05, 0) is 20.8 Å². The van der Waals surface area contributed by atoms with E-state index in [0.717, 1.165) is 24.6 Å². The molecule has 6 nitrogen and oxygen atoms in total. The third-order valence-corrected chi connectivity index (χ3v) is 2.95. The fourth-order valence-corrected chi connectivity index (χ4v) is 2.02. The predicted octanol–water partition coefficient (Wildman–Crippen LogP) is 1.70. The van der Waals surface area contributed by atoms with E-state index in [1.165, 1.54) is 0 Å². The first-order chi connectivity index (χ1) is 9.62. The van der Waals surface area contributed by atoms with Crippen LogP contribution in [0.3, 0.4) is 0 Å². The van der Waals surface area contributed by atoms with E-state index in [1.807, 2.05) is 19.9 Å². The van der Waals surface area contributed by atoms with E-state index in [0.29, 0.717) is 19.2 Å². The van der Waals surface area contributed by atoms with Crippen LogP contribution in [0, 0.1) is 6.92 Å². The molecule has 0 radical (unpaired) electrons. The zero-order valence-electron chi connectivity index (χ0n) is 13.1. The Labute approximate surface area is 121 Å². The van der Waals surface area contributed by atoms with Crippen molar-refractivity contribution in [2.45, 2.75) is 26.8 Å². The number of nitrogens with zero attached hydrogens (tertiary/aromatic N) is 3. The highest BCUT2D eigenvalue weighted by Gasteiger charge is 2.17. The molecule has 1 atom stereocenters.